The van der Waals surface area contributed by atoms with Crippen LogP contribution >= 0.6 is 0 Å². The maximum Gasteiger partial charge on any atom is 0.123 e. The lowest BCUT2D eigenvalue weighted by molar-refractivity contribution is 0.00997. The zero-order chi connectivity index (χ0) is 14.5. The van der Waals surface area contributed by atoms with Crippen molar-refractivity contribution in [2.75, 3.05) is 20.3 Å². The third kappa shape index (κ3) is 3.26. The van der Waals surface area contributed by atoms with E-state index in [1.54, 1.807) is 0 Å². The minimum Gasteiger partial charge on any atom is -0.490 e. The van der Waals surface area contributed by atoms with Gasteiger partial charge in [0, 0.05) is 12.1 Å². The molecular weight excluding hydrogens is 262 g/mol. The molecule has 0 radical (unpaired) electrons. The molecule has 0 spiro atoms. The van der Waals surface area contributed by atoms with Crippen LogP contribution in [0.15, 0.2) is 48.5 Å². The predicted octanol–water partition coefficient (Wildman–Crippen LogP) is 3.10. The molecule has 2 aromatic carbocycles. The van der Waals surface area contributed by atoms with Crippen molar-refractivity contribution in [3.8, 4) is 5.75 Å². The quantitative estimate of drug-likeness (QED) is 0.914. The number of hydrogen-bond acceptors (Lipinski definition) is 3. The number of para-hydroxylation sites is 1. The molecule has 1 aliphatic heterocycles. The number of hydrogen-bond donors (Lipinski definition) is 1. The molecule has 3 rings (SSSR count). The van der Waals surface area contributed by atoms with Gasteiger partial charge in [-0.1, -0.05) is 42.5 Å². The monoisotopic (exact) mass is 283 g/mol. The molecule has 1 atom stereocenters. The fourth-order valence-electron chi connectivity index (χ4n) is 2.76. The highest BCUT2D eigenvalue weighted by Gasteiger charge is 2.21. The zero-order valence-corrected chi connectivity index (χ0v) is 12.3. The fraction of sp³-hybridized carbons (Fsp3) is 0.333. The van der Waals surface area contributed by atoms with Crippen molar-refractivity contribution in [2.45, 2.75) is 19.1 Å². The number of ether oxygens (including phenoxy) is 2. The second-order valence-corrected chi connectivity index (χ2v) is 5.26. The largest absolute Gasteiger partial charge is 0.490 e. The van der Waals surface area contributed by atoms with Crippen LogP contribution in [-0.2, 0) is 17.7 Å². The van der Waals surface area contributed by atoms with E-state index in [0.29, 0.717) is 6.61 Å². The molecule has 3 nitrogen and oxygen atoms in total. The average Bonchev–Trinajstić information content (AvgIpc) is 2.54. The van der Waals surface area contributed by atoms with Gasteiger partial charge in [0.05, 0.1) is 6.61 Å². The molecule has 21 heavy (non-hydrogen) atoms. The Morgan fingerprint density at radius 2 is 1.95 bits per heavy atom. The van der Waals surface area contributed by atoms with Gasteiger partial charge in [-0.3, -0.25) is 0 Å². The van der Waals surface area contributed by atoms with Crippen molar-refractivity contribution < 1.29 is 9.47 Å². The van der Waals surface area contributed by atoms with Gasteiger partial charge in [-0.05, 0) is 30.7 Å². The first kappa shape index (κ1) is 14.1. The summed E-state index contributed by atoms with van der Waals surface area (Å²) in [5.74, 6) is 0.929. The van der Waals surface area contributed by atoms with E-state index < -0.39 is 0 Å². The van der Waals surface area contributed by atoms with Crippen molar-refractivity contribution in [3.63, 3.8) is 0 Å². The van der Waals surface area contributed by atoms with Gasteiger partial charge >= 0.3 is 0 Å². The van der Waals surface area contributed by atoms with Gasteiger partial charge in [-0.2, -0.15) is 0 Å². The van der Waals surface area contributed by atoms with Gasteiger partial charge in [0.15, 0.2) is 0 Å². The second-order valence-electron chi connectivity index (χ2n) is 5.26. The van der Waals surface area contributed by atoms with Gasteiger partial charge in [-0.25, -0.2) is 0 Å². The fourth-order valence-corrected chi connectivity index (χ4v) is 2.76. The molecule has 0 saturated carbocycles. The molecule has 0 bridgehead atoms. The minimum absolute atomic E-state index is 0.0255. The molecule has 0 saturated heterocycles. The third-order valence-electron chi connectivity index (χ3n) is 3.82. The van der Waals surface area contributed by atoms with Crippen LogP contribution in [0.2, 0.25) is 0 Å². The van der Waals surface area contributed by atoms with Crippen LogP contribution in [0.4, 0.5) is 0 Å². The molecule has 3 heteroatoms. The van der Waals surface area contributed by atoms with E-state index >= 15 is 0 Å². The van der Waals surface area contributed by atoms with Crippen molar-refractivity contribution in [1.82, 2.24) is 5.32 Å². The highest BCUT2D eigenvalue weighted by Crippen LogP contribution is 2.28. The van der Waals surface area contributed by atoms with Gasteiger partial charge in [0.1, 0.15) is 18.5 Å². The van der Waals surface area contributed by atoms with Crippen LogP contribution in [0.3, 0.4) is 0 Å². The summed E-state index contributed by atoms with van der Waals surface area (Å²) in [4.78, 5) is 0. The first-order chi connectivity index (χ1) is 10.4. The van der Waals surface area contributed by atoms with E-state index in [2.05, 4.69) is 35.6 Å². The summed E-state index contributed by atoms with van der Waals surface area (Å²) in [5.41, 5.74) is 3.81. The van der Waals surface area contributed by atoms with E-state index in [4.69, 9.17) is 9.47 Å². The smallest absolute Gasteiger partial charge is 0.123 e. The first-order valence-corrected chi connectivity index (χ1v) is 7.43. The van der Waals surface area contributed by atoms with E-state index in [-0.39, 0.29) is 6.10 Å². The van der Waals surface area contributed by atoms with E-state index in [0.717, 1.165) is 25.3 Å². The Bertz CT molecular complexity index is 597. The van der Waals surface area contributed by atoms with Gasteiger partial charge in [0.25, 0.3) is 0 Å². The summed E-state index contributed by atoms with van der Waals surface area (Å²) in [5, 5.41) is 3.17. The lowest BCUT2D eigenvalue weighted by Crippen LogP contribution is -2.22. The number of nitrogens with one attached hydrogen (secondary N) is 1. The van der Waals surface area contributed by atoms with Crippen LogP contribution in [0.25, 0.3) is 0 Å². The molecule has 1 heterocycles. The van der Waals surface area contributed by atoms with Crippen molar-refractivity contribution in [1.29, 1.82) is 0 Å². The van der Waals surface area contributed by atoms with Crippen molar-refractivity contribution in [2.24, 2.45) is 0 Å². The highest BCUT2D eigenvalue weighted by molar-refractivity contribution is 5.34. The van der Waals surface area contributed by atoms with Crippen molar-refractivity contribution >= 4 is 0 Å². The van der Waals surface area contributed by atoms with Crippen LogP contribution < -0.4 is 10.1 Å². The van der Waals surface area contributed by atoms with Crippen LogP contribution in [-0.4, -0.2) is 20.3 Å². The Hall–Kier alpha value is -1.84. The number of rotatable bonds is 5. The summed E-state index contributed by atoms with van der Waals surface area (Å²) >= 11 is 0. The molecule has 0 aromatic heterocycles. The summed E-state index contributed by atoms with van der Waals surface area (Å²) in [6.45, 7) is 2.12. The lowest BCUT2D eigenvalue weighted by atomic mass is 9.98. The molecule has 2 aromatic rings. The number of fused-ring (bicyclic) bond motifs is 1. The summed E-state index contributed by atoms with van der Waals surface area (Å²) in [6.07, 6.45) is 1.01. The maximum atomic E-state index is 6.02. The Morgan fingerprint density at radius 1 is 1.14 bits per heavy atom. The Labute approximate surface area is 125 Å². The third-order valence-corrected chi connectivity index (χ3v) is 3.82. The normalized spacial score (nSPS) is 17.3. The van der Waals surface area contributed by atoms with Crippen LogP contribution in [0, 0.1) is 0 Å². The minimum atomic E-state index is 0.0255. The second kappa shape index (κ2) is 6.74. The molecule has 0 amide bonds. The zero-order valence-electron chi connectivity index (χ0n) is 12.3. The Morgan fingerprint density at radius 3 is 2.86 bits per heavy atom. The van der Waals surface area contributed by atoms with Crippen molar-refractivity contribution in [3.05, 3.63) is 65.2 Å². The summed E-state index contributed by atoms with van der Waals surface area (Å²) < 4.78 is 11.9. The predicted molar refractivity (Wildman–Crippen MR) is 83.5 cm³/mol. The highest BCUT2D eigenvalue weighted by atomic mass is 16.5. The SMILES string of the molecule is CNCc1ccccc1OCC1OCCc2ccccc21. The Kier molecular flexibility index (Phi) is 4.53. The molecule has 1 aliphatic rings. The molecule has 1 unspecified atom stereocenters. The topological polar surface area (TPSA) is 30.5 Å². The Balaban J connectivity index is 1.72. The molecule has 110 valence electrons. The first-order valence-electron chi connectivity index (χ1n) is 7.43. The molecule has 1 N–H and O–H groups in total. The van der Waals surface area contributed by atoms with Gasteiger partial charge in [0.2, 0.25) is 0 Å². The summed E-state index contributed by atoms with van der Waals surface area (Å²) in [7, 11) is 1.94. The number of benzene rings is 2. The molecule has 0 fully saturated rings. The van der Waals surface area contributed by atoms with Crippen LogP contribution in [0.1, 0.15) is 22.8 Å². The van der Waals surface area contributed by atoms with E-state index in [1.807, 2.05) is 25.2 Å². The van der Waals surface area contributed by atoms with Crippen LogP contribution in [0.5, 0.6) is 5.75 Å². The van der Waals surface area contributed by atoms with E-state index in [9.17, 15) is 0 Å². The summed E-state index contributed by atoms with van der Waals surface area (Å²) in [6, 6.07) is 16.6. The average molecular weight is 283 g/mol. The molecule has 0 aliphatic carbocycles. The lowest BCUT2D eigenvalue weighted by Gasteiger charge is -2.26. The maximum absolute atomic E-state index is 6.02. The standard InChI is InChI=1S/C18H21NO2/c1-19-12-15-7-3-5-9-17(15)21-13-18-16-8-4-2-6-14(16)10-11-20-18/h2-9,18-19H,10-13H2,1H3. The molecular formula is C18H21NO2. The van der Waals surface area contributed by atoms with E-state index in [1.165, 1.54) is 16.7 Å². The van der Waals surface area contributed by atoms with Gasteiger partial charge < -0.3 is 14.8 Å². The van der Waals surface area contributed by atoms with Gasteiger partial charge in [-0.15, -0.1) is 0 Å².